The average Bonchev–Trinajstić information content (AvgIpc) is 2.85. The molecule has 7 heteroatoms. The van der Waals surface area contributed by atoms with Gasteiger partial charge in [0.25, 0.3) is 0 Å². The first-order chi connectivity index (χ1) is 11.3. The van der Waals surface area contributed by atoms with E-state index >= 15 is 0 Å². The van der Waals surface area contributed by atoms with E-state index in [9.17, 15) is 0 Å². The Morgan fingerprint density at radius 1 is 1.53 bits per heavy atom. The SMILES string of the molecule is [2H]C([2H])([2H])NC([2H])([2H])CC([2H])(c1ccc(Cl)c(Cl)c1)n1nnc(C)n1. The summed E-state index contributed by atoms with van der Waals surface area (Å²) < 4.78 is 46.3. The van der Waals surface area contributed by atoms with E-state index in [0.29, 0.717) is 0 Å². The van der Waals surface area contributed by atoms with E-state index < -0.39 is 25.9 Å². The predicted octanol–water partition coefficient (Wildman–Crippen LogP) is 2.49. The lowest BCUT2D eigenvalue weighted by atomic mass is 10.0. The summed E-state index contributed by atoms with van der Waals surface area (Å²) in [5, 5.41) is 13.8. The van der Waals surface area contributed by atoms with Crippen molar-refractivity contribution in [3.05, 3.63) is 39.6 Å². The van der Waals surface area contributed by atoms with Crippen molar-refractivity contribution >= 4 is 23.2 Å². The highest BCUT2D eigenvalue weighted by atomic mass is 35.5. The minimum absolute atomic E-state index is 0.164. The van der Waals surface area contributed by atoms with Crippen molar-refractivity contribution in [2.75, 3.05) is 13.5 Å². The van der Waals surface area contributed by atoms with Crippen molar-refractivity contribution in [1.82, 2.24) is 25.5 Å². The van der Waals surface area contributed by atoms with Gasteiger partial charge in [-0.1, -0.05) is 29.3 Å². The summed E-state index contributed by atoms with van der Waals surface area (Å²) in [6, 6.07) is 2.42. The molecule has 1 atom stereocenters. The number of aryl methyl sites for hydroxylation is 1. The number of hydrogen-bond donors (Lipinski definition) is 1. The Labute approximate surface area is 130 Å². The molecule has 0 fully saturated rings. The van der Waals surface area contributed by atoms with Gasteiger partial charge >= 0.3 is 0 Å². The van der Waals surface area contributed by atoms with Gasteiger partial charge in [-0.25, -0.2) is 0 Å². The van der Waals surface area contributed by atoms with E-state index in [1.165, 1.54) is 18.2 Å². The maximum Gasteiger partial charge on any atom is 0.171 e. The highest BCUT2D eigenvalue weighted by molar-refractivity contribution is 6.42. The fourth-order valence-corrected chi connectivity index (χ4v) is 1.79. The van der Waals surface area contributed by atoms with Crippen molar-refractivity contribution in [2.24, 2.45) is 0 Å². The molecule has 0 spiro atoms. The highest BCUT2D eigenvalue weighted by Crippen LogP contribution is 2.28. The van der Waals surface area contributed by atoms with Gasteiger partial charge in [0.1, 0.15) is 0 Å². The van der Waals surface area contributed by atoms with Crippen LogP contribution in [0.1, 0.15) is 32.1 Å². The van der Waals surface area contributed by atoms with E-state index in [-0.39, 0.29) is 21.4 Å². The fraction of sp³-hybridized carbons (Fsp3) is 0.417. The van der Waals surface area contributed by atoms with E-state index in [2.05, 4.69) is 15.4 Å². The molecule has 0 amide bonds. The molecule has 2 rings (SSSR count). The zero-order valence-corrected chi connectivity index (χ0v) is 11.5. The van der Waals surface area contributed by atoms with Crippen LogP contribution in [0, 0.1) is 6.92 Å². The Hall–Kier alpha value is -1.17. The molecule has 1 unspecified atom stereocenters. The normalized spacial score (nSPS) is 20.4. The first kappa shape index (κ1) is 8.19. The molecule has 1 N–H and O–H groups in total. The zero-order valence-electron chi connectivity index (χ0n) is 16.0. The molecule has 0 saturated carbocycles. The number of nitrogens with zero attached hydrogens (tertiary/aromatic N) is 4. The predicted molar refractivity (Wildman–Crippen MR) is 75.7 cm³/mol. The Morgan fingerprint density at radius 3 is 3.00 bits per heavy atom. The van der Waals surface area contributed by atoms with Gasteiger partial charge < -0.3 is 5.32 Å². The molecule has 2 aromatic rings. The van der Waals surface area contributed by atoms with Gasteiger partial charge in [-0.15, -0.1) is 10.2 Å². The zero-order chi connectivity index (χ0) is 19.0. The van der Waals surface area contributed by atoms with E-state index in [4.69, 9.17) is 31.4 Å². The van der Waals surface area contributed by atoms with Gasteiger partial charge in [-0.2, -0.15) is 4.80 Å². The first-order valence-corrected chi connectivity index (χ1v) is 6.10. The lowest BCUT2D eigenvalue weighted by Gasteiger charge is -2.16. The van der Waals surface area contributed by atoms with Gasteiger partial charge in [0.05, 0.1) is 17.4 Å². The van der Waals surface area contributed by atoms with Crippen LogP contribution in [0.25, 0.3) is 0 Å². The van der Waals surface area contributed by atoms with Crippen molar-refractivity contribution in [1.29, 1.82) is 0 Å². The van der Waals surface area contributed by atoms with Crippen molar-refractivity contribution in [3.63, 3.8) is 0 Å². The molecule has 1 heterocycles. The fourth-order valence-electron chi connectivity index (χ4n) is 1.49. The quantitative estimate of drug-likeness (QED) is 0.922. The molecule has 0 bridgehead atoms. The van der Waals surface area contributed by atoms with Crippen molar-refractivity contribution < 1.29 is 8.22 Å². The van der Waals surface area contributed by atoms with Crippen LogP contribution in [0.4, 0.5) is 0 Å². The lowest BCUT2D eigenvalue weighted by molar-refractivity contribution is 0.421. The summed E-state index contributed by atoms with van der Waals surface area (Å²) in [7, 11) is 0. The number of tetrazole rings is 1. The molecule has 0 radical (unpaired) electrons. The van der Waals surface area contributed by atoms with E-state index in [1.54, 1.807) is 6.92 Å². The van der Waals surface area contributed by atoms with Crippen LogP contribution in [0.2, 0.25) is 10.0 Å². The monoisotopic (exact) mass is 305 g/mol. The second-order valence-electron chi connectivity index (χ2n) is 3.68. The maximum absolute atomic E-state index is 8.78. The maximum atomic E-state index is 8.78. The molecular formula is C12H15Cl2N5. The smallest absolute Gasteiger partial charge is 0.171 e. The molecule has 0 aliphatic heterocycles. The molecule has 1 aromatic carbocycles. The van der Waals surface area contributed by atoms with Crippen LogP contribution in [0.15, 0.2) is 18.2 Å². The Bertz CT molecular complexity index is 765. The third-order valence-corrected chi connectivity index (χ3v) is 3.09. The van der Waals surface area contributed by atoms with Gasteiger partial charge in [-0.05, 0) is 49.7 Å². The third-order valence-electron chi connectivity index (χ3n) is 2.35. The van der Waals surface area contributed by atoms with Crippen LogP contribution in [0.5, 0.6) is 0 Å². The summed E-state index contributed by atoms with van der Waals surface area (Å²) in [6.07, 6.45) is -0.619. The Kier molecular flexibility index (Phi) is 2.73. The number of halogens is 2. The van der Waals surface area contributed by atoms with Crippen LogP contribution < -0.4 is 5.32 Å². The lowest BCUT2D eigenvalue weighted by Crippen LogP contribution is -2.20. The molecular weight excluding hydrogens is 285 g/mol. The molecule has 102 valence electrons. The van der Waals surface area contributed by atoms with Crippen LogP contribution in [-0.2, 0) is 0 Å². The van der Waals surface area contributed by atoms with Crippen molar-refractivity contribution in [3.8, 4) is 0 Å². The summed E-state index contributed by atoms with van der Waals surface area (Å²) in [4.78, 5) is 0.918. The average molecular weight is 306 g/mol. The molecule has 19 heavy (non-hydrogen) atoms. The summed E-state index contributed by atoms with van der Waals surface area (Å²) >= 11 is 11.9. The second-order valence-corrected chi connectivity index (χ2v) is 4.49. The van der Waals surface area contributed by atoms with Gasteiger partial charge in [-0.3, -0.25) is 0 Å². The molecule has 1 aromatic heterocycles. The topological polar surface area (TPSA) is 55.6 Å². The van der Waals surface area contributed by atoms with Crippen LogP contribution in [-0.4, -0.2) is 33.7 Å². The Morgan fingerprint density at radius 2 is 2.37 bits per heavy atom. The minimum Gasteiger partial charge on any atom is -0.320 e. The standard InChI is InChI=1S/C12H15Cl2N5/c1-8-16-18-19(17-8)12(5-6-15-2)9-3-4-10(13)11(14)7-9/h3-4,7,12,15H,5-6H2,1-2H3/i2D3,6D2,12D. The highest BCUT2D eigenvalue weighted by Gasteiger charge is 2.17. The molecule has 0 aliphatic carbocycles. The van der Waals surface area contributed by atoms with Crippen LogP contribution in [0.3, 0.4) is 0 Å². The summed E-state index contributed by atoms with van der Waals surface area (Å²) in [5.74, 6) is 0.279. The van der Waals surface area contributed by atoms with Gasteiger partial charge in [0.15, 0.2) is 5.82 Å². The summed E-state index contributed by atoms with van der Waals surface area (Å²) in [6.45, 7) is -3.59. The number of aromatic nitrogens is 4. The summed E-state index contributed by atoms with van der Waals surface area (Å²) in [5.41, 5.74) is 0.232. The largest absolute Gasteiger partial charge is 0.320 e. The third kappa shape index (κ3) is 3.43. The number of benzene rings is 1. The van der Waals surface area contributed by atoms with E-state index in [1.807, 2.05) is 5.32 Å². The van der Waals surface area contributed by atoms with Crippen LogP contribution >= 0.6 is 23.2 Å². The van der Waals surface area contributed by atoms with Gasteiger partial charge in [0, 0.05) is 6.85 Å². The van der Waals surface area contributed by atoms with Crippen molar-refractivity contribution in [2.45, 2.75) is 19.4 Å². The molecule has 5 nitrogen and oxygen atoms in total. The molecule has 0 saturated heterocycles. The number of hydrogen-bond acceptors (Lipinski definition) is 4. The molecule has 0 aliphatic rings. The van der Waals surface area contributed by atoms with Gasteiger partial charge in [0.2, 0.25) is 0 Å². The minimum atomic E-state index is -2.73. The first-order valence-electron chi connectivity index (χ1n) is 8.34. The van der Waals surface area contributed by atoms with E-state index in [0.717, 1.165) is 4.80 Å². The number of nitrogens with one attached hydrogen (secondary N) is 1. The second kappa shape index (κ2) is 6.32. The Balaban J connectivity index is 2.51. The number of rotatable bonds is 5.